The van der Waals surface area contributed by atoms with E-state index in [0.29, 0.717) is 43.5 Å². The molecule has 54 heavy (non-hydrogen) atoms. The number of aromatic nitrogens is 4. The topological polar surface area (TPSA) is 137 Å². The van der Waals surface area contributed by atoms with E-state index in [1.54, 1.807) is 4.80 Å². The summed E-state index contributed by atoms with van der Waals surface area (Å²) in [4.78, 5) is 15.3. The summed E-state index contributed by atoms with van der Waals surface area (Å²) in [6.07, 6.45) is 7.86. The fourth-order valence-electron chi connectivity index (χ4n) is 13.1. The number of benzene rings is 1. The van der Waals surface area contributed by atoms with Gasteiger partial charge in [0.1, 0.15) is 6.04 Å². The van der Waals surface area contributed by atoms with Gasteiger partial charge < -0.3 is 25.6 Å². The van der Waals surface area contributed by atoms with Gasteiger partial charge in [0.2, 0.25) is 0 Å². The van der Waals surface area contributed by atoms with Gasteiger partial charge in [0.25, 0.3) is 5.95 Å². The number of aliphatic carboxylic acids is 1. The number of ether oxygens (including phenoxy) is 2. The monoisotopic (exact) mass is 745 g/mol. The summed E-state index contributed by atoms with van der Waals surface area (Å²) in [5.74, 6) is 0.753. The van der Waals surface area contributed by atoms with Gasteiger partial charge >= 0.3 is 5.97 Å². The molecule has 10 heteroatoms. The molecule has 10 nitrogen and oxygen atoms in total. The van der Waals surface area contributed by atoms with Crippen molar-refractivity contribution in [3.8, 4) is 0 Å². The Morgan fingerprint density at radius 3 is 2.43 bits per heavy atom. The van der Waals surface area contributed by atoms with Gasteiger partial charge in [-0.3, -0.25) is 4.79 Å². The van der Waals surface area contributed by atoms with Crippen molar-refractivity contribution in [1.29, 1.82) is 0 Å². The van der Waals surface area contributed by atoms with E-state index in [9.17, 15) is 9.90 Å². The lowest BCUT2D eigenvalue weighted by molar-refractivity contribution is -0.254. The molecule has 1 unspecified atom stereocenters. The number of nitrogens with two attached hydrogens (primary N) is 1. The number of nitrogen functional groups attached to an aromatic ring is 1. The zero-order valence-electron chi connectivity index (χ0n) is 34.7. The highest BCUT2D eigenvalue weighted by Crippen LogP contribution is 2.75. The Morgan fingerprint density at radius 2 is 1.80 bits per heavy atom. The van der Waals surface area contributed by atoms with Crippen molar-refractivity contribution in [2.45, 2.75) is 132 Å². The highest BCUT2D eigenvalue weighted by Gasteiger charge is 2.72. The number of rotatable bonds is 11. The van der Waals surface area contributed by atoms with Crippen LogP contribution in [-0.4, -0.2) is 62.7 Å². The largest absolute Gasteiger partial charge is 0.481 e. The maximum atomic E-state index is 13.5. The van der Waals surface area contributed by atoms with Gasteiger partial charge in [-0.1, -0.05) is 109 Å². The number of allylic oxidation sites excluding steroid dienone is 1. The Kier molecular flexibility index (Phi) is 9.99. The van der Waals surface area contributed by atoms with E-state index in [-0.39, 0.29) is 56.6 Å². The third kappa shape index (κ3) is 5.81. The number of nitrogens with one attached hydrogen (secondary N) is 1. The first-order valence-electron chi connectivity index (χ1n) is 20.8. The molecule has 1 aromatic heterocycles. The minimum atomic E-state index is -0.630. The SMILES string of the molecule is CC(C)[C@@H](C)[C@@]1(C)CC[C@]2(C)[C@H]3CC[C@@H]4C5(COC[C@]4(C)[C@@H](OC[C@](C)(NCc4ccccc4)C(C)C)[C@H](n4nnc(N)n4)C5)C3=CC[C@@]2(C)[C@@H]1C(=O)O. The minimum absolute atomic E-state index is 0.161. The predicted octanol–water partition coefficient (Wildman–Crippen LogP) is 7.97. The molecule has 3 saturated carbocycles. The predicted molar refractivity (Wildman–Crippen MR) is 211 cm³/mol. The smallest absolute Gasteiger partial charge is 0.307 e. The van der Waals surface area contributed by atoms with Crippen LogP contribution in [-0.2, 0) is 20.8 Å². The molecular formula is C44H68N6O4. The second-order valence-corrected chi connectivity index (χ2v) is 20.2. The van der Waals surface area contributed by atoms with Crippen LogP contribution >= 0.6 is 0 Å². The molecular weight excluding hydrogens is 677 g/mol. The summed E-state index contributed by atoms with van der Waals surface area (Å²) in [5, 5.41) is 28.3. The third-order valence-corrected chi connectivity index (χ3v) is 17.2. The first-order valence-corrected chi connectivity index (χ1v) is 20.8. The van der Waals surface area contributed by atoms with Crippen LogP contribution in [0.3, 0.4) is 0 Å². The second kappa shape index (κ2) is 13.7. The molecule has 0 amide bonds. The number of carboxylic acids is 1. The van der Waals surface area contributed by atoms with Gasteiger partial charge in [-0.25, -0.2) is 0 Å². The number of tetrazole rings is 1. The molecule has 4 fully saturated rings. The molecule has 4 N–H and O–H groups in total. The Labute approximate surface area is 323 Å². The van der Waals surface area contributed by atoms with Crippen molar-refractivity contribution in [3.63, 3.8) is 0 Å². The molecule has 4 aliphatic carbocycles. The zero-order chi connectivity index (χ0) is 39.1. The number of carbonyl (C=O) groups is 1. The molecule has 5 aliphatic rings. The van der Waals surface area contributed by atoms with Crippen LogP contribution in [0, 0.1) is 62.6 Å². The second-order valence-electron chi connectivity index (χ2n) is 20.2. The minimum Gasteiger partial charge on any atom is -0.481 e. The van der Waals surface area contributed by atoms with E-state index >= 15 is 0 Å². The van der Waals surface area contributed by atoms with E-state index < -0.39 is 11.9 Å². The highest BCUT2D eigenvalue weighted by atomic mass is 16.5. The normalized spacial score (nSPS) is 40.6. The summed E-state index contributed by atoms with van der Waals surface area (Å²) < 4.78 is 14.1. The molecule has 1 aliphatic heterocycles. The van der Waals surface area contributed by atoms with Crippen LogP contribution in [0.4, 0.5) is 5.95 Å². The van der Waals surface area contributed by atoms with Crippen molar-refractivity contribution in [3.05, 3.63) is 47.5 Å². The molecule has 7 rings (SSSR count). The fourth-order valence-corrected chi connectivity index (χ4v) is 13.1. The molecule has 0 radical (unpaired) electrons. The lowest BCUT2D eigenvalue weighted by Gasteiger charge is -2.71. The molecule has 1 aromatic carbocycles. The van der Waals surface area contributed by atoms with Gasteiger partial charge in [-0.05, 0) is 102 Å². The van der Waals surface area contributed by atoms with Gasteiger partial charge in [-0.2, -0.15) is 4.80 Å². The Balaban J connectivity index is 1.26. The number of carboxylic acid groups (broad SMARTS) is 1. The van der Waals surface area contributed by atoms with Crippen LogP contribution in [0.25, 0.3) is 0 Å². The Bertz CT molecular complexity index is 1730. The van der Waals surface area contributed by atoms with Crippen molar-refractivity contribution in [2.75, 3.05) is 25.6 Å². The Hall–Kier alpha value is -2.82. The lowest BCUT2D eigenvalue weighted by Crippen LogP contribution is -2.69. The van der Waals surface area contributed by atoms with E-state index in [2.05, 4.69) is 126 Å². The molecule has 0 spiro atoms. The van der Waals surface area contributed by atoms with Gasteiger partial charge in [0, 0.05) is 22.9 Å². The van der Waals surface area contributed by atoms with Crippen LogP contribution in [0.2, 0.25) is 0 Å². The van der Waals surface area contributed by atoms with E-state index in [0.717, 1.165) is 45.1 Å². The fraction of sp³-hybridized carbons (Fsp3) is 0.773. The van der Waals surface area contributed by atoms with Crippen LogP contribution < -0.4 is 11.1 Å². The van der Waals surface area contributed by atoms with Gasteiger partial charge in [0.15, 0.2) is 0 Å². The molecule has 1 saturated heterocycles. The molecule has 2 aromatic rings. The number of fused-ring (bicyclic) bond motifs is 3. The zero-order valence-corrected chi connectivity index (χ0v) is 34.7. The number of hydrogen-bond acceptors (Lipinski definition) is 8. The summed E-state index contributed by atoms with van der Waals surface area (Å²) in [7, 11) is 0. The summed E-state index contributed by atoms with van der Waals surface area (Å²) in [5.41, 5.74) is 7.22. The molecule has 2 bridgehead atoms. The number of anilines is 1. The maximum absolute atomic E-state index is 13.5. The Morgan fingerprint density at radius 1 is 1.07 bits per heavy atom. The summed E-state index contributed by atoms with van der Waals surface area (Å²) >= 11 is 0. The van der Waals surface area contributed by atoms with Crippen LogP contribution in [0.1, 0.15) is 119 Å². The number of hydrogen-bond donors (Lipinski definition) is 3. The standard InChI is InChI=1S/C44H68N6O4/c1-27(2)29(5)39(6)20-21-41(8)31-16-17-34-40(7)24-53-26-44(34,32(31)18-19-42(41,9)35(39)37(51)52)22-33(50-48-38(45)47-49-50)36(40)54-25-43(10,28(3)4)46-23-30-14-12-11-13-15-30/h11-15,18,27-29,31,33-36,46H,16-17,19-26H2,1-10H3,(H2,45,48)(H,51,52)/t29-,31+,33-,34+,35-,36+,39-,40+,41-,42+,43+,44?/m1/s1. The highest BCUT2D eigenvalue weighted by molar-refractivity contribution is 5.73. The quantitative estimate of drug-likeness (QED) is 0.196. The third-order valence-electron chi connectivity index (χ3n) is 17.2. The maximum Gasteiger partial charge on any atom is 0.307 e. The van der Waals surface area contributed by atoms with Crippen molar-refractivity contribution in [2.24, 2.45) is 62.6 Å². The number of nitrogens with zero attached hydrogens (tertiary/aromatic N) is 4. The van der Waals surface area contributed by atoms with E-state index in [1.165, 1.54) is 11.1 Å². The molecule has 298 valence electrons. The first-order chi connectivity index (χ1) is 25.4. The van der Waals surface area contributed by atoms with Gasteiger partial charge in [-0.15, -0.1) is 5.10 Å². The van der Waals surface area contributed by atoms with E-state index in [4.69, 9.17) is 15.2 Å². The average Bonchev–Trinajstić information content (AvgIpc) is 3.56. The van der Waals surface area contributed by atoms with Crippen molar-refractivity contribution >= 4 is 11.9 Å². The average molecular weight is 745 g/mol. The van der Waals surface area contributed by atoms with Crippen molar-refractivity contribution in [1.82, 2.24) is 25.5 Å². The molecule has 12 atom stereocenters. The van der Waals surface area contributed by atoms with Crippen LogP contribution in [0.5, 0.6) is 0 Å². The first kappa shape index (κ1) is 39.4. The van der Waals surface area contributed by atoms with E-state index in [1.807, 2.05) is 0 Å². The summed E-state index contributed by atoms with van der Waals surface area (Å²) in [6, 6.07) is 10.3. The summed E-state index contributed by atoms with van der Waals surface area (Å²) in [6.45, 7) is 25.5. The molecule has 2 heterocycles. The van der Waals surface area contributed by atoms with Crippen molar-refractivity contribution < 1.29 is 19.4 Å². The van der Waals surface area contributed by atoms with Crippen LogP contribution in [0.15, 0.2) is 42.0 Å². The lowest BCUT2D eigenvalue weighted by atomic mass is 9.34. The van der Waals surface area contributed by atoms with Gasteiger partial charge in [0.05, 0.1) is 31.8 Å².